The molecular weight excluding hydrogens is 249 g/mol. The highest BCUT2D eigenvalue weighted by molar-refractivity contribution is 5.70. The number of benzene rings is 1. The van der Waals surface area contributed by atoms with Gasteiger partial charge in [-0.1, -0.05) is 19.1 Å². The summed E-state index contributed by atoms with van der Waals surface area (Å²) in [6, 6.07) is 6.39. The molecule has 0 saturated heterocycles. The molecule has 0 amide bonds. The van der Waals surface area contributed by atoms with Crippen LogP contribution in [0, 0.1) is 5.82 Å². The molecule has 0 fully saturated rings. The highest BCUT2D eigenvalue weighted by atomic mass is 19.1. The maximum Gasteiger partial charge on any atom is 0.332 e. The molecule has 0 radical (unpaired) electrons. The van der Waals surface area contributed by atoms with Crippen LogP contribution in [-0.2, 0) is 20.8 Å². The first-order valence-electron chi connectivity index (χ1n) is 6.28. The quantitative estimate of drug-likeness (QED) is 0.732. The molecule has 1 N–H and O–H groups in total. The summed E-state index contributed by atoms with van der Waals surface area (Å²) in [7, 11) is 1.45. The fourth-order valence-corrected chi connectivity index (χ4v) is 1.54. The fourth-order valence-electron chi connectivity index (χ4n) is 1.54. The summed E-state index contributed by atoms with van der Waals surface area (Å²) < 4.78 is 22.5. The molecule has 0 aliphatic rings. The van der Waals surface area contributed by atoms with E-state index in [-0.39, 0.29) is 24.4 Å². The van der Waals surface area contributed by atoms with Gasteiger partial charge < -0.3 is 14.8 Å². The van der Waals surface area contributed by atoms with Gasteiger partial charge in [0.1, 0.15) is 19.0 Å². The normalized spacial score (nSPS) is 12.2. The van der Waals surface area contributed by atoms with E-state index in [1.807, 2.05) is 6.92 Å². The number of nitrogens with one attached hydrogen (secondary N) is 1. The summed E-state index contributed by atoms with van der Waals surface area (Å²) in [5.74, 6) is -0.617. The predicted molar refractivity (Wildman–Crippen MR) is 70.2 cm³/mol. The Bertz CT molecular complexity index is 381. The number of ether oxygens (including phenoxy) is 2. The van der Waals surface area contributed by atoms with Gasteiger partial charge in [0.25, 0.3) is 0 Å². The largest absolute Gasteiger partial charge is 0.462 e. The van der Waals surface area contributed by atoms with Crippen LogP contribution in [0.15, 0.2) is 24.3 Å². The maximum absolute atomic E-state index is 12.7. The molecule has 0 aliphatic carbocycles. The lowest BCUT2D eigenvalue weighted by Gasteiger charge is -2.17. The first-order valence-corrected chi connectivity index (χ1v) is 6.28. The van der Waals surface area contributed by atoms with Gasteiger partial charge >= 0.3 is 5.97 Å². The van der Waals surface area contributed by atoms with Gasteiger partial charge in [0.05, 0.1) is 0 Å². The van der Waals surface area contributed by atoms with Crippen molar-refractivity contribution < 1.29 is 18.7 Å². The van der Waals surface area contributed by atoms with Crippen molar-refractivity contribution in [2.45, 2.75) is 25.9 Å². The Morgan fingerprint density at radius 2 is 2.05 bits per heavy atom. The molecule has 1 atom stereocenters. The Labute approximate surface area is 112 Å². The number of rotatable bonds is 8. The van der Waals surface area contributed by atoms with Crippen LogP contribution in [0.5, 0.6) is 0 Å². The molecule has 0 bridgehead atoms. The average molecular weight is 269 g/mol. The van der Waals surface area contributed by atoms with Crippen molar-refractivity contribution in [3.63, 3.8) is 0 Å². The van der Waals surface area contributed by atoms with Crippen LogP contribution in [-0.4, -0.2) is 32.3 Å². The first kappa shape index (κ1) is 15.6. The topological polar surface area (TPSA) is 47.6 Å². The zero-order valence-electron chi connectivity index (χ0n) is 11.3. The van der Waals surface area contributed by atoms with E-state index in [1.54, 1.807) is 12.1 Å². The van der Waals surface area contributed by atoms with E-state index in [0.29, 0.717) is 13.2 Å². The zero-order chi connectivity index (χ0) is 14.1. The molecule has 0 saturated carbocycles. The lowest BCUT2D eigenvalue weighted by Crippen LogP contribution is -2.33. The Morgan fingerprint density at radius 1 is 1.37 bits per heavy atom. The summed E-state index contributed by atoms with van der Waals surface area (Å²) >= 11 is 0. The van der Waals surface area contributed by atoms with Crippen molar-refractivity contribution in [1.29, 1.82) is 0 Å². The van der Waals surface area contributed by atoms with E-state index >= 15 is 0 Å². The fraction of sp³-hybridized carbons (Fsp3) is 0.500. The molecular formula is C14H20FNO3. The second-order valence-electron chi connectivity index (χ2n) is 4.23. The minimum absolute atomic E-state index is 0.0333. The van der Waals surface area contributed by atoms with Crippen molar-refractivity contribution in [1.82, 2.24) is 5.32 Å². The lowest BCUT2D eigenvalue weighted by molar-refractivity contribution is -0.148. The van der Waals surface area contributed by atoms with Crippen LogP contribution in [0.4, 0.5) is 4.39 Å². The molecule has 1 rings (SSSR count). The second kappa shape index (κ2) is 8.61. The van der Waals surface area contributed by atoms with E-state index in [2.05, 4.69) is 10.1 Å². The number of halogens is 1. The summed E-state index contributed by atoms with van der Waals surface area (Å²) in [5.41, 5.74) is 0.989. The Kier molecular flexibility index (Phi) is 7.07. The third kappa shape index (κ3) is 6.31. The SMILES string of the molecule is CCC(COC(=O)COC)NCc1ccc(F)cc1. The van der Waals surface area contributed by atoms with E-state index in [9.17, 15) is 9.18 Å². The minimum atomic E-state index is -0.371. The van der Waals surface area contributed by atoms with Crippen molar-refractivity contribution >= 4 is 5.97 Å². The molecule has 19 heavy (non-hydrogen) atoms. The highest BCUT2D eigenvalue weighted by Gasteiger charge is 2.09. The van der Waals surface area contributed by atoms with E-state index in [0.717, 1.165) is 12.0 Å². The molecule has 4 nitrogen and oxygen atoms in total. The third-order valence-electron chi connectivity index (χ3n) is 2.71. The molecule has 0 aliphatic heterocycles. The molecule has 0 aromatic heterocycles. The first-order chi connectivity index (χ1) is 9.15. The minimum Gasteiger partial charge on any atom is -0.462 e. The molecule has 0 spiro atoms. The van der Waals surface area contributed by atoms with Crippen molar-refractivity contribution in [3.05, 3.63) is 35.6 Å². The van der Waals surface area contributed by atoms with Crippen LogP contribution in [0.25, 0.3) is 0 Å². The molecule has 106 valence electrons. The monoisotopic (exact) mass is 269 g/mol. The maximum atomic E-state index is 12.7. The average Bonchev–Trinajstić information content (AvgIpc) is 2.41. The summed E-state index contributed by atoms with van der Waals surface area (Å²) in [6.45, 7) is 2.89. The van der Waals surface area contributed by atoms with E-state index in [1.165, 1.54) is 19.2 Å². The van der Waals surface area contributed by atoms with Gasteiger partial charge in [-0.25, -0.2) is 9.18 Å². The zero-order valence-corrected chi connectivity index (χ0v) is 11.3. The van der Waals surface area contributed by atoms with Crippen molar-refractivity contribution in [2.24, 2.45) is 0 Å². The van der Waals surface area contributed by atoms with E-state index in [4.69, 9.17) is 4.74 Å². The Morgan fingerprint density at radius 3 is 2.63 bits per heavy atom. The molecule has 1 aromatic rings. The van der Waals surface area contributed by atoms with Crippen molar-refractivity contribution in [2.75, 3.05) is 20.3 Å². The Hall–Kier alpha value is -1.46. The number of hydrogen-bond acceptors (Lipinski definition) is 4. The van der Waals surface area contributed by atoms with Crippen LogP contribution in [0.1, 0.15) is 18.9 Å². The third-order valence-corrected chi connectivity index (χ3v) is 2.71. The van der Waals surface area contributed by atoms with Crippen LogP contribution < -0.4 is 5.32 Å². The second-order valence-corrected chi connectivity index (χ2v) is 4.23. The number of hydrogen-bond donors (Lipinski definition) is 1. The predicted octanol–water partition coefficient (Wildman–Crippen LogP) is 1.88. The smallest absolute Gasteiger partial charge is 0.332 e. The molecule has 1 aromatic carbocycles. The van der Waals surface area contributed by atoms with Gasteiger partial charge in [-0.2, -0.15) is 0 Å². The van der Waals surface area contributed by atoms with Gasteiger partial charge in [0, 0.05) is 19.7 Å². The van der Waals surface area contributed by atoms with Gasteiger partial charge in [0.2, 0.25) is 0 Å². The molecule has 0 heterocycles. The van der Waals surface area contributed by atoms with Gasteiger partial charge in [-0.15, -0.1) is 0 Å². The van der Waals surface area contributed by atoms with Gasteiger partial charge in [0.15, 0.2) is 0 Å². The van der Waals surface area contributed by atoms with Crippen LogP contribution in [0.2, 0.25) is 0 Å². The summed E-state index contributed by atoms with van der Waals surface area (Å²) in [6.07, 6.45) is 0.835. The standard InChI is InChI=1S/C14H20FNO3/c1-3-13(9-19-14(17)10-18-2)16-8-11-4-6-12(15)7-5-11/h4-7,13,16H,3,8-10H2,1-2H3. The molecule has 1 unspecified atom stereocenters. The Balaban J connectivity index is 2.32. The van der Waals surface area contributed by atoms with E-state index < -0.39 is 0 Å². The van der Waals surface area contributed by atoms with Gasteiger partial charge in [-0.05, 0) is 24.1 Å². The highest BCUT2D eigenvalue weighted by Crippen LogP contribution is 2.03. The number of methoxy groups -OCH3 is 1. The van der Waals surface area contributed by atoms with Crippen LogP contribution in [0.3, 0.4) is 0 Å². The summed E-state index contributed by atoms with van der Waals surface area (Å²) in [5, 5.41) is 3.26. The van der Waals surface area contributed by atoms with Crippen molar-refractivity contribution in [3.8, 4) is 0 Å². The summed E-state index contributed by atoms with van der Waals surface area (Å²) in [4.78, 5) is 11.2. The number of esters is 1. The number of carbonyl (C=O) groups is 1. The number of carbonyl (C=O) groups excluding carboxylic acids is 1. The molecule has 5 heteroatoms. The van der Waals surface area contributed by atoms with Crippen LogP contribution >= 0.6 is 0 Å². The van der Waals surface area contributed by atoms with Gasteiger partial charge in [-0.3, -0.25) is 0 Å². The lowest BCUT2D eigenvalue weighted by atomic mass is 10.2.